The number of piperidine rings is 1. The van der Waals surface area contributed by atoms with Gasteiger partial charge in [-0.3, -0.25) is 4.99 Å². The van der Waals surface area contributed by atoms with E-state index in [2.05, 4.69) is 32.6 Å². The fourth-order valence-corrected chi connectivity index (χ4v) is 2.72. The van der Waals surface area contributed by atoms with Crippen molar-refractivity contribution in [3.05, 3.63) is 29.0 Å². The summed E-state index contributed by atoms with van der Waals surface area (Å²) in [4.78, 5) is 10.8. The van der Waals surface area contributed by atoms with E-state index in [0.717, 1.165) is 31.4 Å². The van der Waals surface area contributed by atoms with Gasteiger partial charge in [0.2, 0.25) is 0 Å². The van der Waals surface area contributed by atoms with Crippen molar-refractivity contribution >= 4 is 41.5 Å². The SMILES string of the molecule is CN=C(NCCc1ccc(Cl)nc1)NCC1CCN(C)CC1.I. The molecule has 1 fully saturated rings. The Labute approximate surface area is 161 Å². The minimum atomic E-state index is 0. The molecule has 1 aliphatic heterocycles. The number of likely N-dealkylation sites (tertiary alicyclic amines) is 1. The van der Waals surface area contributed by atoms with Crippen LogP contribution in [0.15, 0.2) is 23.3 Å². The first-order chi connectivity index (χ1) is 10.7. The Balaban J connectivity index is 0.00000264. The van der Waals surface area contributed by atoms with E-state index < -0.39 is 0 Å². The van der Waals surface area contributed by atoms with Gasteiger partial charge in [0.15, 0.2) is 5.96 Å². The molecule has 0 aliphatic carbocycles. The zero-order chi connectivity index (χ0) is 15.8. The van der Waals surface area contributed by atoms with Crippen LogP contribution in [-0.4, -0.2) is 56.1 Å². The third-order valence-electron chi connectivity index (χ3n) is 4.11. The van der Waals surface area contributed by atoms with Gasteiger partial charge in [0.25, 0.3) is 0 Å². The molecule has 130 valence electrons. The molecule has 1 aromatic rings. The molecule has 0 aromatic carbocycles. The van der Waals surface area contributed by atoms with Crippen LogP contribution in [0, 0.1) is 5.92 Å². The number of aromatic nitrogens is 1. The van der Waals surface area contributed by atoms with Crippen LogP contribution in [0.3, 0.4) is 0 Å². The van der Waals surface area contributed by atoms with E-state index in [0.29, 0.717) is 5.15 Å². The fraction of sp³-hybridized carbons (Fsp3) is 0.625. The van der Waals surface area contributed by atoms with Gasteiger partial charge in [-0.25, -0.2) is 4.98 Å². The van der Waals surface area contributed by atoms with Gasteiger partial charge in [0.05, 0.1) is 0 Å². The third-order valence-corrected chi connectivity index (χ3v) is 4.34. The molecular formula is C16H27ClIN5. The molecule has 0 atom stereocenters. The molecular weight excluding hydrogens is 425 g/mol. The van der Waals surface area contributed by atoms with Crippen molar-refractivity contribution in [1.82, 2.24) is 20.5 Å². The fourth-order valence-electron chi connectivity index (χ4n) is 2.61. The molecule has 1 aliphatic rings. The van der Waals surface area contributed by atoms with E-state index in [4.69, 9.17) is 11.6 Å². The lowest BCUT2D eigenvalue weighted by Crippen LogP contribution is -2.42. The number of nitrogens with zero attached hydrogens (tertiary/aromatic N) is 3. The molecule has 2 heterocycles. The predicted molar refractivity (Wildman–Crippen MR) is 108 cm³/mol. The van der Waals surface area contributed by atoms with Gasteiger partial charge >= 0.3 is 0 Å². The average molecular weight is 452 g/mol. The van der Waals surface area contributed by atoms with E-state index in [9.17, 15) is 0 Å². The largest absolute Gasteiger partial charge is 0.356 e. The van der Waals surface area contributed by atoms with Crippen LogP contribution in [0.1, 0.15) is 18.4 Å². The Kier molecular flexibility index (Phi) is 9.81. The van der Waals surface area contributed by atoms with E-state index in [1.165, 1.54) is 31.5 Å². The van der Waals surface area contributed by atoms with Crippen molar-refractivity contribution in [2.75, 3.05) is 40.3 Å². The minimum Gasteiger partial charge on any atom is -0.356 e. The molecule has 0 bridgehead atoms. The van der Waals surface area contributed by atoms with Gasteiger partial charge in [-0.15, -0.1) is 24.0 Å². The second-order valence-corrected chi connectivity index (χ2v) is 6.25. The van der Waals surface area contributed by atoms with Crippen molar-refractivity contribution in [3.63, 3.8) is 0 Å². The summed E-state index contributed by atoms with van der Waals surface area (Å²) in [5.41, 5.74) is 1.17. The van der Waals surface area contributed by atoms with E-state index >= 15 is 0 Å². The molecule has 0 saturated carbocycles. The lowest BCUT2D eigenvalue weighted by atomic mass is 9.97. The monoisotopic (exact) mass is 451 g/mol. The first-order valence-corrected chi connectivity index (χ1v) is 8.28. The van der Waals surface area contributed by atoms with Gasteiger partial charge in [0, 0.05) is 26.3 Å². The van der Waals surface area contributed by atoms with Crippen molar-refractivity contribution in [2.45, 2.75) is 19.3 Å². The lowest BCUT2D eigenvalue weighted by Gasteiger charge is -2.29. The second kappa shape index (κ2) is 11.0. The molecule has 1 aromatic heterocycles. The van der Waals surface area contributed by atoms with Crippen LogP contribution in [0.4, 0.5) is 0 Å². The molecule has 0 amide bonds. The maximum Gasteiger partial charge on any atom is 0.190 e. The Morgan fingerprint density at radius 2 is 2.09 bits per heavy atom. The average Bonchev–Trinajstić information content (AvgIpc) is 2.54. The van der Waals surface area contributed by atoms with Crippen LogP contribution >= 0.6 is 35.6 Å². The third kappa shape index (κ3) is 7.67. The Morgan fingerprint density at radius 3 is 2.70 bits per heavy atom. The van der Waals surface area contributed by atoms with Crippen LogP contribution < -0.4 is 10.6 Å². The Hall–Kier alpha value is -0.600. The lowest BCUT2D eigenvalue weighted by molar-refractivity contribution is 0.220. The number of nitrogens with one attached hydrogen (secondary N) is 2. The molecule has 2 rings (SSSR count). The standard InChI is InChI=1S/C16H26ClN5.HI/c1-18-16(21-12-14-6-9-22(2)10-7-14)19-8-5-13-3-4-15(17)20-11-13;/h3-4,11,14H,5-10,12H2,1-2H3,(H2,18,19,21);1H. The molecule has 2 N–H and O–H groups in total. The summed E-state index contributed by atoms with van der Waals surface area (Å²) in [6.45, 7) is 4.22. The second-order valence-electron chi connectivity index (χ2n) is 5.87. The topological polar surface area (TPSA) is 52.6 Å². The molecule has 0 spiro atoms. The number of pyridine rings is 1. The van der Waals surface area contributed by atoms with Crippen LogP contribution in [0.25, 0.3) is 0 Å². The summed E-state index contributed by atoms with van der Waals surface area (Å²) in [5.74, 6) is 1.62. The highest BCUT2D eigenvalue weighted by Crippen LogP contribution is 2.14. The maximum absolute atomic E-state index is 5.78. The Bertz CT molecular complexity index is 472. The summed E-state index contributed by atoms with van der Waals surface area (Å²) < 4.78 is 0. The van der Waals surface area contributed by atoms with E-state index in [-0.39, 0.29) is 24.0 Å². The molecule has 1 saturated heterocycles. The number of aliphatic imine (C=N–C) groups is 1. The quantitative estimate of drug-likeness (QED) is 0.312. The van der Waals surface area contributed by atoms with Crippen molar-refractivity contribution in [3.8, 4) is 0 Å². The number of halogens is 2. The highest BCUT2D eigenvalue weighted by atomic mass is 127. The summed E-state index contributed by atoms with van der Waals surface area (Å²) in [7, 11) is 4.00. The first-order valence-electron chi connectivity index (χ1n) is 7.91. The van der Waals surface area contributed by atoms with Gasteiger partial charge in [0.1, 0.15) is 5.15 Å². The van der Waals surface area contributed by atoms with Crippen molar-refractivity contribution in [1.29, 1.82) is 0 Å². The summed E-state index contributed by atoms with van der Waals surface area (Å²) in [5, 5.41) is 7.32. The first kappa shape index (κ1) is 20.4. The van der Waals surface area contributed by atoms with Crippen LogP contribution in [0.5, 0.6) is 0 Å². The smallest absolute Gasteiger partial charge is 0.190 e. The maximum atomic E-state index is 5.78. The number of guanidine groups is 1. The van der Waals surface area contributed by atoms with E-state index in [1.54, 1.807) is 0 Å². The molecule has 23 heavy (non-hydrogen) atoms. The summed E-state index contributed by atoms with van der Waals surface area (Å²) in [6, 6.07) is 3.83. The van der Waals surface area contributed by atoms with Gasteiger partial charge in [-0.2, -0.15) is 0 Å². The highest BCUT2D eigenvalue weighted by molar-refractivity contribution is 14.0. The van der Waals surface area contributed by atoms with Crippen molar-refractivity contribution < 1.29 is 0 Å². The van der Waals surface area contributed by atoms with Crippen LogP contribution in [-0.2, 0) is 6.42 Å². The molecule has 0 radical (unpaired) electrons. The highest BCUT2D eigenvalue weighted by Gasteiger charge is 2.16. The van der Waals surface area contributed by atoms with Gasteiger partial charge in [-0.05, 0) is 56.9 Å². The van der Waals surface area contributed by atoms with Gasteiger partial charge < -0.3 is 15.5 Å². The normalized spacial score (nSPS) is 16.7. The van der Waals surface area contributed by atoms with Gasteiger partial charge in [-0.1, -0.05) is 17.7 Å². The number of hydrogen-bond acceptors (Lipinski definition) is 3. The summed E-state index contributed by atoms with van der Waals surface area (Å²) in [6.07, 6.45) is 5.24. The molecule has 7 heteroatoms. The van der Waals surface area contributed by atoms with Crippen molar-refractivity contribution in [2.24, 2.45) is 10.9 Å². The number of rotatable bonds is 5. The molecule has 0 unspecified atom stereocenters. The number of hydrogen-bond donors (Lipinski definition) is 2. The molecule has 5 nitrogen and oxygen atoms in total. The zero-order valence-corrected chi connectivity index (χ0v) is 17.0. The zero-order valence-electron chi connectivity index (χ0n) is 13.9. The summed E-state index contributed by atoms with van der Waals surface area (Å²) >= 11 is 5.78. The minimum absolute atomic E-state index is 0. The van der Waals surface area contributed by atoms with Crippen LogP contribution in [0.2, 0.25) is 5.15 Å². The van der Waals surface area contributed by atoms with E-state index in [1.807, 2.05) is 25.4 Å². The predicted octanol–water partition coefficient (Wildman–Crippen LogP) is 2.40. The Morgan fingerprint density at radius 1 is 1.35 bits per heavy atom.